The van der Waals surface area contributed by atoms with Crippen molar-refractivity contribution >= 4 is 5.69 Å². The molecule has 1 aromatic rings. The molecule has 2 rings (SSSR count). The van der Waals surface area contributed by atoms with Crippen LogP contribution in [0.25, 0.3) is 0 Å². The van der Waals surface area contributed by atoms with Crippen LogP contribution in [-0.4, -0.2) is 24.3 Å². The molecule has 1 fully saturated rings. The minimum Gasteiger partial charge on any atom is -0.391 e. The van der Waals surface area contributed by atoms with Crippen molar-refractivity contribution in [1.82, 2.24) is 0 Å². The van der Waals surface area contributed by atoms with Crippen molar-refractivity contribution in [3.05, 3.63) is 29.8 Å². The summed E-state index contributed by atoms with van der Waals surface area (Å²) in [4.78, 5) is 2.40. The summed E-state index contributed by atoms with van der Waals surface area (Å²) in [5.41, 5.74) is 8.45. The van der Waals surface area contributed by atoms with Gasteiger partial charge in [0, 0.05) is 18.8 Å². The molecule has 1 heterocycles. The van der Waals surface area contributed by atoms with E-state index in [0.29, 0.717) is 0 Å². The van der Waals surface area contributed by atoms with Crippen LogP contribution in [-0.2, 0) is 0 Å². The van der Waals surface area contributed by atoms with E-state index in [4.69, 9.17) is 5.73 Å². The van der Waals surface area contributed by atoms with E-state index in [0.717, 1.165) is 25.1 Å². The number of nitrogens with zero attached hydrogens (tertiary/aromatic N) is 1. The molecule has 0 aromatic heterocycles. The molecule has 1 saturated heterocycles. The molecule has 3 nitrogen and oxygen atoms in total. The first-order valence-electron chi connectivity index (χ1n) is 7.42. The second-order valence-corrected chi connectivity index (χ2v) is 5.69. The second-order valence-electron chi connectivity index (χ2n) is 5.69. The van der Waals surface area contributed by atoms with Gasteiger partial charge in [0.25, 0.3) is 0 Å². The Balaban J connectivity index is 2.04. The number of aliphatic hydroxyl groups is 1. The molecule has 0 amide bonds. The highest BCUT2D eigenvalue weighted by Gasteiger charge is 2.22. The summed E-state index contributed by atoms with van der Waals surface area (Å²) in [5, 5.41) is 10.2. The molecule has 3 heteroatoms. The number of benzene rings is 1. The fraction of sp³-hybridized carbons (Fsp3) is 0.625. The zero-order valence-corrected chi connectivity index (χ0v) is 12.0. The second kappa shape index (κ2) is 6.40. The number of rotatable bonds is 5. The van der Waals surface area contributed by atoms with Crippen molar-refractivity contribution in [2.45, 2.75) is 45.3 Å². The summed E-state index contributed by atoms with van der Waals surface area (Å²) >= 11 is 0. The minimum atomic E-state index is -0.470. The fourth-order valence-corrected chi connectivity index (χ4v) is 2.68. The van der Waals surface area contributed by atoms with Gasteiger partial charge in [-0.3, -0.25) is 0 Å². The lowest BCUT2D eigenvalue weighted by molar-refractivity contribution is 0.0880. The van der Waals surface area contributed by atoms with E-state index in [1.807, 2.05) is 6.92 Å². The summed E-state index contributed by atoms with van der Waals surface area (Å²) in [7, 11) is 0. The van der Waals surface area contributed by atoms with E-state index in [-0.39, 0.29) is 12.0 Å². The van der Waals surface area contributed by atoms with Crippen LogP contribution in [0.15, 0.2) is 24.3 Å². The first kappa shape index (κ1) is 14.4. The van der Waals surface area contributed by atoms with Crippen LogP contribution in [0.3, 0.4) is 0 Å². The SMILES string of the molecule is CCC(C)[C@H](O)[C@H](N)c1ccc(N2CCCC2)cc1. The summed E-state index contributed by atoms with van der Waals surface area (Å²) < 4.78 is 0. The van der Waals surface area contributed by atoms with Crippen LogP contribution in [0.1, 0.15) is 44.7 Å². The van der Waals surface area contributed by atoms with Gasteiger partial charge in [-0.05, 0) is 36.5 Å². The normalized spacial score (nSPS) is 20.3. The Kier molecular flexibility index (Phi) is 4.83. The predicted molar refractivity (Wildman–Crippen MR) is 80.3 cm³/mol. The Bertz CT molecular complexity index is 384. The number of aliphatic hydroxyl groups excluding tert-OH is 1. The molecule has 1 aliphatic rings. The van der Waals surface area contributed by atoms with Crippen LogP contribution >= 0.6 is 0 Å². The highest BCUT2D eigenvalue weighted by molar-refractivity contribution is 5.48. The first-order chi connectivity index (χ1) is 9.13. The molecular weight excluding hydrogens is 236 g/mol. The van der Waals surface area contributed by atoms with Gasteiger partial charge in [0.15, 0.2) is 0 Å². The Hall–Kier alpha value is -1.06. The lowest BCUT2D eigenvalue weighted by Gasteiger charge is -2.25. The van der Waals surface area contributed by atoms with Crippen molar-refractivity contribution in [2.75, 3.05) is 18.0 Å². The molecule has 1 aromatic carbocycles. The average Bonchev–Trinajstić information content (AvgIpc) is 2.99. The molecule has 19 heavy (non-hydrogen) atoms. The quantitative estimate of drug-likeness (QED) is 0.857. The van der Waals surface area contributed by atoms with Crippen molar-refractivity contribution in [2.24, 2.45) is 11.7 Å². The van der Waals surface area contributed by atoms with Gasteiger partial charge in [0.05, 0.1) is 12.1 Å². The van der Waals surface area contributed by atoms with Gasteiger partial charge < -0.3 is 15.7 Å². The molecule has 1 aliphatic heterocycles. The average molecular weight is 262 g/mol. The number of anilines is 1. The number of nitrogens with two attached hydrogens (primary N) is 1. The van der Waals surface area contributed by atoms with Crippen molar-refractivity contribution in [3.63, 3.8) is 0 Å². The van der Waals surface area contributed by atoms with Crippen LogP contribution < -0.4 is 10.6 Å². The highest BCUT2D eigenvalue weighted by atomic mass is 16.3. The van der Waals surface area contributed by atoms with E-state index in [1.54, 1.807) is 0 Å². The number of hydrogen-bond donors (Lipinski definition) is 2. The summed E-state index contributed by atoms with van der Waals surface area (Å²) in [6.45, 7) is 6.43. The Morgan fingerprint density at radius 3 is 2.32 bits per heavy atom. The van der Waals surface area contributed by atoms with E-state index in [2.05, 4.69) is 36.1 Å². The maximum atomic E-state index is 10.2. The third-order valence-electron chi connectivity index (χ3n) is 4.34. The van der Waals surface area contributed by atoms with Crippen molar-refractivity contribution in [3.8, 4) is 0 Å². The molecule has 0 radical (unpaired) electrons. The lowest BCUT2D eigenvalue weighted by atomic mass is 9.91. The standard InChI is InChI=1S/C16H26N2O/c1-3-12(2)16(19)15(17)13-6-8-14(9-7-13)18-10-4-5-11-18/h6-9,12,15-16,19H,3-5,10-11,17H2,1-2H3/t12?,15-,16+/m1/s1. The van der Waals surface area contributed by atoms with Gasteiger partial charge in [0.1, 0.15) is 0 Å². The summed E-state index contributed by atoms with van der Waals surface area (Å²) in [6.07, 6.45) is 3.05. The Morgan fingerprint density at radius 2 is 1.79 bits per heavy atom. The van der Waals surface area contributed by atoms with Gasteiger partial charge >= 0.3 is 0 Å². The van der Waals surface area contributed by atoms with Crippen LogP contribution in [0.2, 0.25) is 0 Å². The van der Waals surface area contributed by atoms with E-state index in [9.17, 15) is 5.11 Å². The topological polar surface area (TPSA) is 49.5 Å². The third-order valence-corrected chi connectivity index (χ3v) is 4.34. The maximum Gasteiger partial charge on any atom is 0.0758 e. The van der Waals surface area contributed by atoms with Gasteiger partial charge in [-0.1, -0.05) is 32.4 Å². The minimum absolute atomic E-state index is 0.230. The molecule has 3 atom stereocenters. The van der Waals surface area contributed by atoms with Gasteiger partial charge in [-0.25, -0.2) is 0 Å². The molecule has 0 spiro atoms. The Morgan fingerprint density at radius 1 is 1.21 bits per heavy atom. The summed E-state index contributed by atoms with van der Waals surface area (Å²) in [5.74, 6) is 0.230. The third kappa shape index (κ3) is 3.28. The molecule has 3 N–H and O–H groups in total. The van der Waals surface area contributed by atoms with Gasteiger partial charge in [-0.2, -0.15) is 0 Å². The fourth-order valence-electron chi connectivity index (χ4n) is 2.68. The Labute approximate surface area is 116 Å². The monoisotopic (exact) mass is 262 g/mol. The van der Waals surface area contributed by atoms with E-state index >= 15 is 0 Å². The van der Waals surface area contributed by atoms with Crippen molar-refractivity contribution in [1.29, 1.82) is 0 Å². The molecule has 106 valence electrons. The molecule has 0 bridgehead atoms. The van der Waals surface area contributed by atoms with Crippen molar-refractivity contribution < 1.29 is 5.11 Å². The van der Waals surface area contributed by atoms with Gasteiger partial charge in [0.2, 0.25) is 0 Å². The largest absolute Gasteiger partial charge is 0.391 e. The van der Waals surface area contributed by atoms with E-state index in [1.165, 1.54) is 18.5 Å². The first-order valence-corrected chi connectivity index (χ1v) is 7.42. The zero-order chi connectivity index (χ0) is 13.8. The molecule has 0 saturated carbocycles. The summed E-state index contributed by atoms with van der Waals surface area (Å²) in [6, 6.07) is 8.09. The number of hydrogen-bond acceptors (Lipinski definition) is 3. The molecular formula is C16H26N2O. The lowest BCUT2D eigenvalue weighted by Crippen LogP contribution is -2.31. The van der Waals surface area contributed by atoms with Gasteiger partial charge in [-0.15, -0.1) is 0 Å². The maximum absolute atomic E-state index is 10.2. The highest BCUT2D eigenvalue weighted by Crippen LogP contribution is 2.25. The van der Waals surface area contributed by atoms with Crippen LogP contribution in [0, 0.1) is 5.92 Å². The smallest absolute Gasteiger partial charge is 0.0758 e. The van der Waals surface area contributed by atoms with E-state index < -0.39 is 6.10 Å². The van der Waals surface area contributed by atoms with Crippen LogP contribution in [0.5, 0.6) is 0 Å². The predicted octanol–water partition coefficient (Wildman–Crippen LogP) is 2.69. The zero-order valence-electron chi connectivity index (χ0n) is 12.0. The molecule has 1 unspecified atom stereocenters. The van der Waals surface area contributed by atoms with Crippen LogP contribution in [0.4, 0.5) is 5.69 Å². The molecule has 0 aliphatic carbocycles.